The zero-order chi connectivity index (χ0) is 9.38. The normalized spacial score (nSPS) is 27.9. The molecule has 1 aliphatic carbocycles. The van der Waals surface area contributed by atoms with E-state index in [0.29, 0.717) is 5.92 Å². The Morgan fingerprint density at radius 2 is 1.86 bits per heavy atom. The third kappa shape index (κ3) is 1.68. The maximum absolute atomic E-state index is 4.33. The fourth-order valence-electron chi connectivity index (χ4n) is 1.97. The van der Waals surface area contributed by atoms with Crippen LogP contribution in [0.1, 0.15) is 47.5 Å². The van der Waals surface area contributed by atoms with Gasteiger partial charge in [0.05, 0.1) is 0 Å². The summed E-state index contributed by atoms with van der Waals surface area (Å²) in [6.45, 7) is 2.27. The van der Waals surface area contributed by atoms with Gasteiger partial charge in [0.15, 0.2) is 0 Å². The molecule has 2 heterocycles. The van der Waals surface area contributed by atoms with Crippen molar-refractivity contribution in [2.75, 3.05) is 13.1 Å². The molecular formula is C10H15N3S. The molecule has 0 amide bonds. The maximum Gasteiger partial charge on any atom is 0.121 e. The van der Waals surface area contributed by atoms with E-state index in [1.165, 1.54) is 42.2 Å². The molecule has 0 unspecified atom stereocenters. The number of piperidine rings is 1. The molecule has 4 heteroatoms. The number of aromatic nitrogens is 2. The second-order valence-electron chi connectivity index (χ2n) is 4.30. The number of rotatable bonds is 2. The Balaban J connectivity index is 1.74. The second kappa shape index (κ2) is 3.59. The first kappa shape index (κ1) is 8.80. The highest BCUT2D eigenvalue weighted by Crippen LogP contribution is 2.42. The second-order valence-corrected chi connectivity index (χ2v) is 5.34. The lowest BCUT2D eigenvalue weighted by atomic mass is 10.0. The highest BCUT2D eigenvalue weighted by Gasteiger charge is 2.29. The van der Waals surface area contributed by atoms with Crippen LogP contribution in [-0.2, 0) is 0 Å². The molecule has 3 nitrogen and oxygen atoms in total. The highest BCUT2D eigenvalue weighted by molar-refractivity contribution is 7.11. The first-order valence-corrected chi connectivity index (χ1v) is 6.29. The van der Waals surface area contributed by atoms with Crippen molar-refractivity contribution in [2.45, 2.75) is 37.5 Å². The lowest BCUT2D eigenvalue weighted by Gasteiger charge is -2.19. The summed E-state index contributed by atoms with van der Waals surface area (Å²) >= 11 is 1.85. The summed E-state index contributed by atoms with van der Waals surface area (Å²) in [6.07, 6.45) is 5.23. The molecule has 3 rings (SSSR count). The first-order valence-electron chi connectivity index (χ1n) is 5.47. The number of hydrogen-bond donors (Lipinski definition) is 1. The fourth-order valence-corrected chi connectivity index (χ4v) is 3.12. The van der Waals surface area contributed by atoms with E-state index in [1.807, 2.05) is 11.3 Å². The van der Waals surface area contributed by atoms with Crippen LogP contribution in [0.5, 0.6) is 0 Å². The van der Waals surface area contributed by atoms with Gasteiger partial charge in [0, 0.05) is 18.4 Å². The first-order chi connectivity index (χ1) is 6.93. The molecular weight excluding hydrogens is 194 g/mol. The molecule has 14 heavy (non-hydrogen) atoms. The van der Waals surface area contributed by atoms with E-state index in [4.69, 9.17) is 0 Å². The predicted octanol–water partition coefficient (Wildman–Crippen LogP) is 1.88. The summed E-state index contributed by atoms with van der Waals surface area (Å²) in [5.74, 6) is 1.39. The van der Waals surface area contributed by atoms with Crippen LogP contribution in [0.3, 0.4) is 0 Å². The summed E-state index contributed by atoms with van der Waals surface area (Å²) < 4.78 is 0. The van der Waals surface area contributed by atoms with Gasteiger partial charge >= 0.3 is 0 Å². The molecule has 0 bridgehead atoms. The van der Waals surface area contributed by atoms with Crippen LogP contribution in [0, 0.1) is 0 Å². The molecule has 0 spiro atoms. The minimum absolute atomic E-state index is 0.633. The van der Waals surface area contributed by atoms with Crippen molar-refractivity contribution in [1.82, 2.24) is 15.5 Å². The molecule has 1 saturated carbocycles. The minimum Gasteiger partial charge on any atom is -0.316 e. The quantitative estimate of drug-likeness (QED) is 0.808. The molecule has 2 aliphatic rings. The van der Waals surface area contributed by atoms with Gasteiger partial charge in [-0.25, -0.2) is 0 Å². The van der Waals surface area contributed by atoms with Crippen LogP contribution >= 0.6 is 11.3 Å². The predicted molar refractivity (Wildman–Crippen MR) is 56.7 cm³/mol. The zero-order valence-corrected chi connectivity index (χ0v) is 9.02. The average Bonchev–Trinajstić information content (AvgIpc) is 2.98. The van der Waals surface area contributed by atoms with Crippen molar-refractivity contribution in [3.63, 3.8) is 0 Å². The van der Waals surface area contributed by atoms with Gasteiger partial charge in [0.2, 0.25) is 0 Å². The number of nitrogens with one attached hydrogen (secondary N) is 1. The van der Waals surface area contributed by atoms with Gasteiger partial charge in [0.1, 0.15) is 10.0 Å². The molecule has 1 N–H and O–H groups in total. The monoisotopic (exact) mass is 209 g/mol. The van der Waals surface area contributed by atoms with Gasteiger partial charge in [-0.15, -0.1) is 21.5 Å². The Morgan fingerprint density at radius 1 is 1.07 bits per heavy atom. The summed E-state index contributed by atoms with van der Waals surface area (Å²) in [7, 11) is 0. The van der Waals surface area contributed by atoms with Crippen molar-refractivity contribution >= 4 is 11.3 Å². The van der Waals surface area contributed by atoms with Crippen LogP contribution in [-0.4, -0.2) is 23.3 Å². The molecule has 1 saturated heterocycles. The van der Waals surface area contributed by atoms with Crippen LogP contribution in [0.4, 0.5) is 0 Å². The van der Waals surface area contributed by atoms with Gasteiger partial charge in [-0.05, 0) is 32.2 Å². The van der Waals surface area contributed by atoms with Gasteiger partial charge in [0.25, 0.3) is 0 Å². The van der Waals surface area contributed by atoms with E-state index in [1.54, 1.807) is 0 Å². The Kier molecular flexibility index (Phi) is 2.25. The number of hydrogen-bond acceptors (Lipinski definition) is 4. The summed E-state index contributed by atoms with van der Waals surface area (Å²) in [6, 6.07) is 0. The molecule has 1 aromatic rings. The summed E-state index contributed by atoms with van der Waals surface area (Å²) in [5.41, 5.74) is 0. The van der Waals surface area contributed by atoms with Gasteiger partial charge in [-0.3, -0.25) is 0 Å². The largest absolute Gasteiger partial charge is 0.316 e. The maximum atomic E-state index is 4.33. The van der Waals surface area contributed by atoms with Gasteiger partial charge in [-0.2, -0.15) is 0 Å². The van der Waals surface area contributed by atoms with Crippen molar-refractivity contribution in [1.29, 1.82) is 0 Å². The van der Waals surface area contributed by atoms with Crippen molar-refractivity contribution < 1.29 is 0 Å². The topological polar surface area (TPSA) is 37.8 Å². The van der Waals surface area contributed by atoms with Crippen LogP contribution in [0.2, 0.25) is 0 Å². The van der Waals surface area contributed by atoms with Crippen molar-refractivity contribution in [3.8, 4) is 0 Å². The molecule has 0 radical (unpaired) electrons. The molecule has 1 atom stereocenters. The van der Waals surface area contributed by atoms with E-state index in [0.717, 1.165) is 12.5 Å². The Hall–Kier alpha value is -0.480. The molecule has 1 aliphatic heterocycles. The van der Waals surface area contributed by atoms with Crippen LogP contribution < -0.4 is 5.32 Å². The smallest absolute Gasteiger partial charge is 0.121 e. The SMILES string of the molecule is C1CNC[C@H](c2nnc(C3CC3)s2)C1. The standard InChI is InChI=1S/C10H15N3S/c1-2-8(6-11-5-1)10-13-12-9(14-10)7-3-4-7/h7-8,11H,1-6H2/t8-/m1/s1. The molecule has 0 aromatic carbocycles. The van der Waals surface area contributed by atoms with Gasteiger partial charge in [-0.1, -0.05) is 0 Å². The number of nitrogens with zero attached hydrogens (tertiary/aromatic N) is 2. The van der Waals surface area contributed by atoms with Gasteiger partial charge < -0.3 is 5.32 Å². The fraction of sp³-hybridized carbons (Fsp3) is 0.800. The Bertz CT molecular complexity index is 313. The third-order valence-electron chi connectivity index (χ3n) is 3.03. The van der Waals surface area contributed by atoms with E-state index in [-0.39, 0.29) is 0 Å². The van der Waals surface area contributed by atoms with E-state index >= 15 is 0 Å². The minimum atomic E-state index is 0.633. The lowest BCUT2D eigenvalue weighted by Crippen LogP contribution is -2.28. The lowest BCUT2D eigenvalue weighted by molar-refractivity contribution is 0.458. The van der Waals surface area contributed by atoms with Crippen molar-refractivity contribution in [3.05, 3.63) is 10.0 Å². The molecule has 2 fully saturated rings. The molecule has 76 valence electrons. The van der Waals surface area contributed by atoms with Crippen LogP contribution in [0.15, 0.2) is 0 Å². The summed E-state index contributed by atoms with van der Waals surface area (Å²) in [4.78, 5) is 0. The van der Waals surface area contributed by atoms with E-state index in [9.17, 15) is 0 Å². The average molecular weight is 209 g/mol. The molecule has 1 aromatic heterocycles. The highest BCUT2D eigenvalue weighted by atomic mass is 32.1. The van der Waals surface area contributed by atoms with E-state index in [2.05, 4.69) is 15.5 Å². The van der Waals surface area contributed by atoms with Crippen LogP contribution in [0.25, 0.3) is 0 Å². The van der Waals surface area contributed by atoms with E-state index < -0.39 is 0 Å². The Labute approximate surface area is 87.9 Å². The third-order valence-corrected chi connectivity index (χ3v) is 4.28. The van der Waals surface area contributed by atoms with Crippen molar-refractivity contribution in [2.24, 2.45) is 0 Å². The zero-order valence-electron chi connectivity index (χ0n) is 8.20. The summed E-state index contributed by atoms with van der Waals surface area (Å²) in [5, 5.41) is 14.6. The Morgan fingerprint density at radius 3 is 2.50 bits per heavy atom.